The van der Waals surface area contributed by atoms with Crippen LogP contribution in [0.5, 0.6) is 5.75 Å². The van der Waals surface area contributed by atoms with E-state index in [0.717, 1.165) is 13.8 Å². The minimum atomic E-state index is -1.67. The number of benzene rings is 5. The average molecular weight is 953 g/mol. The van der Waals surface area contributed by atoms with Gasteiger partial charge in [-0.2, -0.15) is 20.5 Å². The highest BCUT2D eigenvalue weighted by molar-refractivity contribution is 6.37. The largest absolute Gasteiger partial charge is 0.476 e. The monoisotopic (exact) mass is 950 g/mol. The maximum absolute atomic E-state index is 13.4. The second-order valence-corrected chi connectivity index (χ2v) is 14.7. The number of nitrogens with one attached hydrogen (secondary N) is 4. The number of amides is 4. The molecule has 63 heavy (non-hydrogen) atoms. The third-order valence-electron chi connectivity index (χ3n) is 8.81. The zero-order valence-electron chi connectivity index (χ0n) is 33.1. The van der Waals surface area contributed by atoms with E-state index in [1.165, 1.54) is 54.6 Å². The van der Waals surface area contributed by atoms with Gasteiger partial charge in [0.25, 0.3) is 23.6 Å². The summed E-state index contributed by atoms with van der Waals surface area (Å²) in [5.41, 5.74) is 2.62. The van der Waals surface area contributed by atoms with Crippen LogP contribution in [0.25, 0.3) is 0 Å². The molecule has 5 aromatic carbocycles. The predicted octanol–water partition coefficient (Wildman–Crippen LogP) is 10.9. The second kappa shape index (κ2) is 22.7. The topological polar surface area (TPSA) is 209 Å². The SMILES string of the molecule is CC(=O)C(N=Nc1cccc(C(=O)Nc2ccccc2CCl)c1Cl)C(=O)Nc1ccc(NC(=O)C(N=Nc2cccc(C(=O)Nc3ccccc3CCl)c2Cl)C(C)=O)c(OCCl)c1. The minimum Gasteiger partial charge on any atom is -0.476 e. The molecular formula is C43H35Cl5N8O7. The molecule has 4 amide bonds. The summed E-state index contributed by atoms with van der Waals surface area (Å²) >= 11 is 30.9. The van der Waals surface area contributed by atoms with Crippen molar-refractivity contribution in [2.24, 2.45) is 20.5 Å². The first-order chi connectivity index (χ1) is 30.3. The molecule has 15 nitrogen and oxygen atoms in total. The van der Waals surface area contributed by atoms with E-state index < -0.39 is 53.3 Å². The lowest BCUT2D eigenvalue weighted by molar-refractivity contribution is -0.127. The van der Waals surface area contributed by atoms with Crippen LogP contribution >= 0.6 is 58.0 Å². The summed E-state index contributed by atoms with van der Waals surface area (Å²) in [6.45, 7) is 2.27. The van der Waals surface area contributed by atoms with Crippen LogP contribution in [-0.2, 0) is 30.9 Å². The molecule has 0 saturated carbocycles. The summed E-state index contributed by atoms with van der Waals surface area (Å²) in [4.78, 5) is 78.2. The minimum absolute atomic E-state index is 0.00741. The maximum Gasteiger partial charge on any atom is 0.258 e. The predicted molar refractivity (Wildman–Crippen MR) is 244 cm³/mol. The molecule has 4 N–H and O–H groups in total. The Bertz CT molecular complexity index is 2630. The van der Waals surface area contributed by atoms with E-state index in [1.807, 2.05) is 0 Å². The number of ether oxygens (including phenoxy) is 1. The Morgan fingerprint density at radius 2 is 1.02 bits per heavy atom. The molecule has 0 radical (unpaired) electrons. The van der Waals surface area contributed by atoms with E-state index in [9.17, 15) is 28.8 Å². The van der Waals surface area contributed by atoms with Gasteiger partial charge in [0.2, 0.25) is 12.1 Å². The highest BCUT2D eigenvalue weighted by Crippen LogP contribution is 2.33. The fourth-order valence-electron chi connectivity index (χ4n) is 5.61. The van der Waals surface area contributed by atoms with E-state index in [2.05, 4.69) is 41.7 Å². The van der Waals surface area contributed by atoms with Crippen molar-refractivity contribution in [2.75, 3.05) is 27.3 Å². The summed E-state index contributed by atoms with van der Waals surface area (Å²) < 4.78 is 5.48. The van der Waals surface area contributed by atoms with E-state index >= 15 is 0 Å². The molecule has 324 valence electrons. The molecule has 0 spiro atoms. The number of hydrogen-bond donors (Lipinski definition) is 4. The number of carbonyl (C=O) groups excluding carboxylic acids is 6. The van der Waals surface area contributed by atoms with Crippen LogP contribution in [0.1, 0.15) is 45.7 Å². The van der Waals surface area contributed by atoms with E-state index in [1.54, 1.807) is 48.5 Å². The fraction of sp³-hybridized carbons (Fsp3) is 0.163. The van der Waals surface area contributed by atoms with E-state index in [4.69, 9.17) is 62.7 Å². The number of rotatable bonds is 18. The highest BCUT2D eigenvalue weighted by Gasteiger charge is 2.27. The number of Topliss-reactive ketones (excluding diaryl/α,β-unsaturated/α-hetero) is 2. The molecule has 0 fully saturated rings. The van der Waals surface area contributed by atoms with Crippen molar-refractivity contribution in [3.05, 3.63) is 135 Å². The first-order valence-corrected chi connectivity index (χ1v) is 20.9. The Morgan fingerprint density at radius 3 is 1.46 bits per heavy atom. The fourth-order valence-corrected chi connectivity index (χ4v) is 6.69. The molecule has 5 aromatic rings. The molecule has 2 atom stereocenters. The smallest absolute Gasteiger partial charge is 0.258 e. The normalized spacial score (nSPS) is 12.0. The van der Waals surface area contributed by atoms with Crippen molar-refractivity contribution in [3.8, 4) is 5.75 Å². The van der Waals surface area contributed by atoms with Crippen LogP contribution in [-0.4, -0.2) is 53.3 Å². The first kappa shape index (κ1) is 47.8. The lowest BCUT2D eigenvalue weighted by atomic mass is 10.1. The Morgan fingerprint density at radius 1 is 0.556 bits per heavy atom. The molecular weight excluding hydrogens is 918 g/mol. The van der Waals surface area contributed by atoms with Crippen molar-refractivity contribution in [3.63, 3.8) is 0 Å². The number of azo groups is 2. The quantitative estimate of drug-likeness (QED) is 0.0379. The summed E-state index contributed by atoms with van der Waals surface area (Å²) in [5.74, 6) is -3.98. The number of alkyl halides is 3. The van der Waals surface area contributed by atoms with E-state index in [-0.39, 0.29) is 61.4 Å². The molecule has 0 saturated heterocycles. The van der Waals surface area contributed by atoms with Gasteiger partial charge in [-0.3, -0.25) is 28.8 Å². The first-order valence-electron chi connectivity index (χ1n) is 18.5. The van der Waals surface area contributed by atoms with Gasteiger partial charge in [0.05, 0.1) is 26.9 Å². The Labute approximate surface area is 385 Å². The molecule has 0 heterocycles. The zero-order chi connectivity index (χ0) is 45.6. The van der Waals surface area contributed by atoms with Crippen LogP contribution in [0.4, 0.5) is 34.1 Å². The molecule has 0 aliphatic rings. The van der Waals surface area contributed by atoms with Crippen LogP contribution in [0, 0.1) is 0 Å². The van der Waals surface area contributed by atoms with Gasteiger partial charge in [0.15, 0.2) is 17.6 Å². The zero-order valence-corrected chi connectivity index (χ0v) is 36.9. The number of nitrogens with zero attached hydrogens (tertiary/aromatic N) is 4. The summed E-state index contributed by atoms with van der Waals surface area (Å²) in [6.07, 6.45) is 0. The van der Waals surface area contributed by atoms with Gasteiger partial charge in [-0.05, 0) is 73.5 Å². The van der Waals surface area contributed by atoms with Crippen LogP contribution in [0.3, 0.4) is 0 Å². The van der Waals surface area contributed by atoms with Gasteiger partial charge < -0.3 is 26.0 Å². The van der Waals surface area contributed by atoms with Gasteiger partial charge in [0.1, 0.15) is 17.1 Å². The van der Waals surface area contributed by atoms with Gasteiger partial charge in [0, 0.05) is 34.9 Å². The summed E-state index contributed by atoms with van der Waals surface area (Å²) in [7, 11) is 0. The standard InChI is InChI=1S/C43H35Cl5N8O7/c1-23(57)38(55-53-33-15-7-11-28(36(33)47)40(59)50-30-13-5-3-9-25(30)20-44)42(61)49-27-17-18-32(35(19-27)63-22-46)52-43(62)39(24(2)58)56-54-34-16-8-12-29(37(34)48)41(60)51-31-14-6-4-10-26(31)21-45/h3-19,38-39H,20-22H2,1-2H3,(H,49,61)(H,50,59)(H,51,60)(H,52,62). The van der Waals surface area contributed by atoms with Crippen molar-refractivity contribution >= 4 is 127 Å². The van der Waals surface area contributed by atoms with Gasteiger partial charge >= 0.3 is 0 Å². The molecule has 0 bridgehead atoms. The number of hydrogen-bond acceptors (Lipinski definition) is 11. The summed E-state index contributed by atoms with van der Waals surface area (Å²) in [6, 6.07) is 23.1. The Kier molecular flexibility index (Phi) is 17.3. The van der Waals surface area contributed by atoms with Crippen LogP contribution in [0.15, 0.2) is 124 Å². The molecule has 20 heteroatoms. The van der Waals surface area contributed by atoms with Crippen LogP contribution < -0.4 is 26.0 Å². The number of para-hydroxylation sites is 2. The molecule has 0 aromatic heterocycles. The lowest BCUT2D eigenvalue weighted by Gasteiger charge is -2.15. The number of ketones is 2. The van der Waals surface area contributed by atoms with Gasteiger partial charge in [-0.15, -0.1) is 23.2 Å². The number of carbonyl (C=O) groups is 6. The van der Waals surface area contributed by atoms with Crippen molar-refractivity contribution in [1.29, 1.82) is 0 Å². The molecule has 2 unspecified atom stereocenters. The highest BCUT2D eigenvalue weighted by atomic mass is 35.5. The lowest BCUT2D eigenvalue weighted by Crippen LogP contribution is -2.32. The molecule has 5 rings (SSSR count). The van der Waals surface area contributed by atoms with Crippen molar-refractivity contribution in [2.45, 2.75) is 37.7 Å². The average Bonchev–Trinajstić information content (AvgIpc) is 3.26. The maximum atomic E-state index is 13.4. The van der Waals surface area contributed by atoms with Gasteiger partial charge in [-0.25, -0.2) is 0 Å². The van der Waals surface area contributed by atoms with Crippen molar-refractivity contribution in [1.82, 2.24) is 0 Å². The third-order valence-corrected chi connectivity index (χ3v) is 10.3. The van der Waals surface area contributed by atoms with Crippen molar-refractivity contribution < 1.29 is 33.5 Å². The van der Waals surface area contributed by atoms with E-state index in [0.29, 0.717) is 22.5 Å². The molecule has 0 aliphatic carbocycles. The Balaban J connectivity index is 1.28. The second-order valence-electron chi connectivity index (χ2n) is 13.2. The number of anilines is 4. The molecule has 0 aliphatic heterocycles. The number of halogens is 5. The van der Waals surface area contributed by atoms with Gasteiger partial charge in [-0.1, -0.05) is 83.3 Å². The van der Waals surface area contributed by atoms with Crippen LogP contribution in [0.2, 0.25) is 10.0 Å². The Hall–Kier alpha value is -6.23. The third kappa shape index (κ3) is 12.5. The summed E-state index contributed by atoms with van der Waals surface area (Å²) in [5, 5.41) is 26.3.